The molecule has 1 N–H and O–H groups in total. The zero-order valence-corrected chi connectivity index (χ0v) is 19.4. The number of benzene rings is 1. The van der Waals surface area contributed by atoms with E-state index in [1.165, 1.54) is 66.9 Å². The first-order valence-electron chi connectivity index (χ1n) is 12.7. The number of fused-ring (bicyclic) bond motifs is 2. The molecule has 1 unspecified atom stereocenters. The third-order valence-electron chi connectivity index (χ3n) is 10.2. The van der Waals surface area contributed by atoms with Crippen LogP contribution in [0.3, 0.4) is 0 Å². The Hall–Kier alpha value is -1.97. The average Bonchev–Trinajstić information content (AvgIpc) is 3.33. The first kappa shape index (κ1) is 19.5. The van der Waals surface area contributed by atoms with Gasteiger partial charge < -0.3 is 10.1 Å². The number of ether oxygens (including phenoxy) is 1. The van der Waals surface area contributed by atoms with Crippen LogP contribution in [-0.4, -0.2) is 29.3 Å². The van der Waals surface area contributed by atoms with Crippen LogP contribution >= 0.6 is 0 Å². The highest BCUT2D eigenvalue weighted by molar-refractivity contribution is 5.82. The van der Waals surface area contributed by atoms with Gasteiger partial charge in [0.1, 0.15) is 0 Å². The Labute approximate surface area is 191 Å². The largest absolute Gasteiger partial charge is 0.359 e. The summed E-state index contributed by atoms with van der Waals surface area (Å²) in [6.07, 6.45) is 18.8. The summed E-state index contributed by atoms with van der Waals surface area (Å²) >= 11 is 0. The molecule has 1 aromatic heterocycles. The molecule has 3 heterocycles. The molecule has 5 aliphatic rings. The quantitative estimate of drug-likeness (QED) is 0.633. The molecule has 166 valence electrons. The molecule has 2 aliphatic heterocycles. The summed E-state index contributed by atoms with van der Waals surface area (Å²) in [7, 11) is 2.12. The van der Waals surface area contributed by atoms with Gasteiger partial charge in [-0.25, -0.2) is 0 Å². The maximum absolute atomic E-state index is 7.36. The fraction of sp³-hybridized carbons (Fsp3) is 0.552. The number of nitrogens with zero attached hydrogens (tertiary/aromatic N) is 1. The molecule has 2 saturated carbocycles. The van der Waals surface area contributed by atoms with Crippen LogP contribution < -0.4 is 5.32 Å². The van der Waals surface area contributed by atoms with Crippen molar-refractivity contribution < 1.29 is 4.74 Å². The SMILES string of the molecule is CN[C@H]1CCC2=CC3=CC[C@]4(C)[C@@H](c5ccc6ccncc6c5)CC[C@H]4C34CC[C@]2(C1)O4. The molecule has 3 fully saturated rings. The van der Waals surface area contributed by atoms with E-state index >= 15 is 0 Å². The van der Waals surface area contributed by atoms with Gasteiger partial charge in [0.2, 0.25) is 0 Å². The van der Waals surface area contributed by atoms with E-state index in [0.29, 0.717) is 17.9 Å². The number of rotatable bonds is 2. The maximum Gasteiger partial charge on any atom is 0.0974 e. The number of pyridine rings is 1. The summed E-state index contributed by atoms with van der Waals surface area (Å²) in [6, 6.07) is 9.79. The van der Waals surface area contributed by atoms with E-state index in [4.69, 9.17) is 4.74 Å². The van der Waals surface area contributed by atoms with Gasteiger partial charge in [0.15, 0.2) is 0 Å². The maximum atomic E-state index is 7.36. The predicted molar refractivity (Wildman–Crippen MR) is 129 cm³/mol. The Bertz CT molecular complexity index is 1170. The fourth-order valence-corrected chi connectivity index (χ4v) is 8.52. The van der Waals surface area contributed by atoms with E-state index in [1.807, 2.05) is 12.4 Å². The Kier molecular flexibility index (Phi) is 3.99. The molecule has 3 aliphatic carbocycles. The first-order chi connectivity index (χ1) is 15.6. The summed E-state index contributed by atoms with van der Waals surface area (Å²) in [5.41, 5.74) is 4.80. The smallest absolute Gasteiger partial charge is 0.0974 e. The Balaban J connectivity index is 1.29. The van der Waals surface area contributed by atoms with E-state index in [1.54, 1.807) is 5.57 Å². The first-order valence-corrected chi connectivity index (χ1v) is 12.7. The predicted octanol–water partition coefficient (Wildman–Crippen LogP) is 6.06. The van der Waals surface area contributed by atoms with E-state index < -0.39 is 0 Å². The minimum atomic E-state index is -0.0563. The second-order valence-electron chi connectivity index (χ2n) is 11.4. The van der Waals surface area contributed by atoms with E-state index in [-0.39, 0.29) is 16.6 Å². The van der Waals surface area contributed by atoms with Gasteiger partial charge in [0, 0.05) is 23.8 Å². The molecule has 1 saturated heterocycles. The number of hydrogen-bond acceptors (Lipinski definition) is 3. The highest BCUT2D eigenvalue weighted by Crippen LogP contribution is 2.69. The van der Waals surface area contributed by atoms with Crippen LogP contribution in [0.5, 0.6) is 0 Å². The normalized spacial score (nSPS) is 42.1. The molecule has 3 nitrogen and oxygen atoms in total. The monoisotopic (exact) mass is 426 g/mol. The third kappa shape index (κ3) is 2.42. The molecule has 2 bridgehead atoms. The van der Waals surface area contributed by atoms with Crippen molar-refractivity contribution in [2.75, 3.05) is 7.05 Å². The standard InChI is InChI=1S/C29H34N2O/c1-27-11-9-23-16-22-5-6-24(30-2)17-28(22)12-13-29(23,32-28)26(27)8-7-25(27)20-4-3-19-10-14-31-18-21(19)15-20/h3-4,9-10,14-16,18,24-26,30H,5-8,11-13,17H2,1-2H3/t24-,25+,26+,27+,28+,29?/m0/s1. The van der Waals surface area contributed by atoms with Crippen LogP contribution in [-0.2, 0) is 4.74 Å². The zero-order valence-electron chi connectivity index (χ0n) is 19.4. The van der Waals surface area contributed by atoms with Crippen LogP contribution in [0.2, 0.25) is 0 Å². The number of hydrogen-bond donors (Lipinski definition) is 1. The Morgan fingerprint density at radius 1 is 1.09 bits per heavy atom. The van der Waals surface area contributed by atoms with E-state index in [9.17, 15) is 0 Å². The van der Waals surface area contributed by atoms with Crippen LogP contribution in [0.1, 0.15) is 69.8 Å². The second-order valence-corrected chi connectivity index (χ2v) is 11.4. The minimum absolute atomic E-state index is 0.00573. The van der Waals surface area contributed by atoms with Crippen molar-refractivity contribution in [3.05, 3.63) is 65.5 Å². The lowest BCUT2D eigenvalue weighted by atomic mass is 9.58. The molecule has 32 heavy (non-hydrogen) atoms. The molecule has 2 aromatic rings. The van der Waals surface area contributed by atoms with Crippen molar-refractivity contribution in [3.8, 4) is 0 Å². The lowest BCUT2D eigenvalue weighted by Crippen LogP contribution is -2.54. The molecule has 7 rings (SSSR count). The summed E-state index contributed by atoms with van der Waals surface area (Å²) in [6.45, 7) is 2.57. The van der Waals surface area contributed by atoms with Crippen molar-refractivity contribution in [1.29, 1.82) is 0 Å². The second kappa shape index (κ2) is 6.55. The van der Waals surface area contributed by atoms with E-state index in [0.717, 1.165) is 6.42 Å². The van der Waals surface area contributed by atoms with Gasteiger partial charge in [-0.15, -0.1) is 0 Å². The van der Waals surface area contributed by atoms with Crippen molar-refractivity contribution in [3.63, 3.8) is 0 Å². The van der Waals surface area contributed by atoms with Crippen LogP contribution in [0.15, 0.2) is 60.0 Å². The molecule has 1 aromatic carbocycles. The average molecular weight is 427 g/mol. The molecule has 3 heteroatoms. The van der Waals surface area contributed by atoms with Crippen molar-refractivity contribution in [2.24, 2.45) is 11.3 Å². The van der Waals surface area contributed by atoms with Crippen molar-refractivity contribution in [1.82, 2.24) is 10.3 Å². The number of aromatic nitrogens is 1. The van der Waals surface area contributed by atoms with Crippen LogP contribution in [0.25, 0.3) is 10.8 Å². The molecular formula is C29H34N2O. The van der Waals surface area contributed by atoms with Crippen molar-refractivity contribution in [2.45, 2.75) is 81.5 Å². The Morgan fingerprint density at radius 2 is 2.03 bits per heavy atom. The highest BCUT2D eigenvalue weighted by Gasteiger charge is 2.66. The van der Waals surface area contributed by atoms with E-state index in [2.05, 4.69) is 60.7 Å². The Morgan fingerprint density at radius 3 is 2.94 bits per heavy atom. The van der Waals surface area contributed by atoms with Crippen molar-refractivity contribution >= 4 is 10.8 Å². The van der Waals surface area contributed by atoms with Gasteiger partial charge in [-0.1, -0.05) is 31.2 Å². The molecular weight excluding hydrogens is 392 g/mol. The molecule has 0 radical (unpaired) electrons. The van der Waals surface area contributed by atoms with Gasteiger partial charge in [0.25, 0.3) is 0 Å². The molecule has 2 spiro atoms. The van der Waals surface area contributed by atoms with Crippen LogP contribution in [0, 0.1) is 11.3 Å². The third-order valence-corrected chi connectivity index (χ3v) is 10.2. The molecule has 0 amide bonds. The fourth-order valence-electron chi connectivity index (χ4n) is 8.52. The zero-order chi connectivity index (χ0) is 21.6. The summed E-state index contributed by atoms with van der Waals surface area (Å²) in [5.74, 6) is 1.20. The van der Waals surface area contributed by atoms with Gasteiger partial charge in [0.05, 0.1) is 11.2 Å². The number of allylic oxidation sites excluding steroid dienone is 1. The highest BCUT2D eigenvalue weighted by atomic mass is 16.5. The summed E-state index contributed by atoms with van der Waals surface area (Å²) in [5, 5.41) is 6.11. The summed E-state index contributed by atoms with van der Waals surface area (Å²) in [4.78, 5) is 4.37. The minimum Gasteiger partial charge on any atom is -0.359 e. The van der Waals surface area contributed by atoms with Crippen LogP contribution in [0.4, 0.5) is 0 Å². The number of nitrogens with one attached hydrogen (secondary N) is 1. The van der Waals surface area contributed by atoms with Gasteiger partial charge in [-0.2, -0.15) is 0 Å². The molecule has 6 atom stereocenters. The van der Waals surface area contributed by atoms with Gasteiger partial charge >= 0.3 is 0 Å². The topological polar surface area (TPSA) is 34.2 Å². The van der Waals surface area contributed by atoms with Gasteiger partial charge in [-0.3, -0.25) is 4.98 Å². The summed E-state index contributed by atoms with van der Waals surface area (Å²) < 4.78 is 7.36. The van der Waals surface area contributed by atoms with Gasteiger partial charge in [-0.05, 0) is 110 Å². The lowest BCUT2D eigenvalue weighted by molar-refractivity contribution is -0.136. The lowest BCUT2D eigenvalue weighted by Gasteiger charge is -2.54.